The fourth-order valence-corrected chi connectivity index (χ4v) is 1.90. The van der Waals surface area contributed by atoms with E-state index in [-0.39, 0.29) is 18.4 Å². The van der Waals surface area contributed by atoms with Crippen LogP contribution < -0.4 is 4.74 Å². The molecule has 1 amide bonds. The maximum absolute atomic E-state index is 12.0. The summed E-state index contributed by atoms with van der Waals surface area (Å²) in [6.07, 6.45) is 0.656. The van der Waals surface area contributed by atoms with Gasteiger partial charge in [-0.15, -0.1) is 0 Å². The predicted octanol–water partition coefficient (Wildman–Crippen LogP) is 2.06. The highest BCUT2D eigenvalue weighted by Crippen LogP contribution is 2.14. The van der Waals surface area contributed by atoms with Crippen molar-refractivity contribution in [2.75, 3.05) is 20.3 Å². The molecule has 0 aliphatic heterocycles. The summed E-state index contributed by atoms with van der Waals surface area (Å²) in [5, 5.41) is 9.14. The van der Waals surface area contributed by atoms with E-state index in [1.165, 1.54) is 0 Å². The van der Waals surface area contributed by atoms with Crippen LogP contribution in [0.5, 0.6) is 5.75 Å². The van der Waals surface area contributed by atoms with E-state index in [4.69, 9.17) is 9.84 Å². The number of aliphatic hydroxyl groups excluding tert-OH is 1. The molecule has 1 unspecified atom stereocenters. The molecule has 1 atom stereocenters. The lowest BCUT2D eigenvalue weighted by Gasteiger charge is -2.22. The van der Waals surface area contributed by atoms with Crippen LogP contribution in [0.1, 0.15) is 25.8 Å². The highest BCUT2D eigenvalue weighted by atomic mass is 16.5. The summed E-state index contributed by atoms with van der Waals surface area (Å²) in [7, 11) is 1.76. The van der Waals surface area contributed by atoms with Gasteiger partial charge < -0.3 is 14.7 Å². The monoisotopic (exact) mass is 265 g/mol. The first kappa shape index (κ1) is 15.5. The average molecular weight is 265 g/mol. The molecule has 1 aromatic carbocycles. The van der Waals surface area contributed by atoms with Gasteiger partial charge >= 0.3 is 0 Å². The van der Waals surface area contributed by atoms with Gasteiger partial charge in [0.1, 0.15) is 5.75 Å². The Morgan fingerprint density at radius 3 is 2.42 bits per heavy atom. The molecular weight excluding hydrogens is 242 g/mol. The summed E-state index contributed by atoms with van der Waals surface area (Å²) < 4.78 is 5.37. The van der Waals surface area contributed by atoms with Crippen LogP contribution in [-0.4, -0.2) is 36.2 Å². The zero-order chi connectivity index (χ0) is 14.3. The molecule has 1 rings (SSSR count). The van der Waals surface area contributed by atoms with Gasteiger partial charge in [0.15, 0.2) is 0 Å². The Morgan fingerprint density at radius 2 is 1.95 bits per heavy atom. The molecule has 0 radical (unpaired) electrons. The molecule has 0 fully saturated rings. The number of rotatable bonds is 7. The number of carbonyl (C=O) groups is 1. The number of nitrogens with zero attached hydrogens (tertiary/aromatic N) is 1. The standard InChI is InChI=1S/C15H23NO3/c1-4-13(11-17)15(18)16(3)10-12-6-8-14(9-7-12)19-5-2/h6-9,13,17H,4-5,10-11H2,1-3H3. The van der Waals surface area contributed by atoms with Crippen molar-refractivity contribution in [1.29, 1.82) is 0 Å². The number of benzene rings is 1. The summed E-state index contributed by atoms with van der Waals surface area (Å²) in [6, 6.07) is 7.71. The Hall–Kier alpha value is -1.55. The predicted molar refractivity (Wildman–Crippen MR) is 75.0 cm³/mol. The van der Waals surface area contributed by atoms with Crippen molar-refractivity contribution in [3.8, 4) is 5.75 Å². The van der Waals surface area contributed by atoms with E-state index in [9.17, 15) is 4.79 Å². The van der Waals surface area contributed by atoms with Crippen LogP contribution in [0.2, 0.25) is 0 Å². The molecule has 0 aliphatic carbocycles. The minimum absolute atomic E-state index is 0.0149. The van der Waals surface area contributed by atoms with Gasteiger partial charge in [-0.2, -0.15) is 0 Å². The van der Waals surface area contributed by atoms with E-state index < -0.39 is 0 Å². The summed E-state index contributed by atoms with van der Waals surface area (Å²) in [5.41, 5.74) is 1.05. The van der Waals surface area contributed by atoms with Crippen LogP contribution in [0.4, 0.5) is 0 Å². The minimum Gasteiger partial charge on any atom is -0.494 e. The van der Waals surface area contributed by atoms with Crippen molar-refractivity contribution in [2.24, 2.45) is 5.92 Å². The Kier molecular flexibility index (Phi) is 6.36. The SMILES string of the molecule is CCOc1ccc(CN(C)C(=O)C(CC)CO)cc1. The zero-order valence-electron chi connectivity index (χ0n) is 11.9. The molecule has 0 saturated heterocycles. The highest BCUT2D eigenvalue weighted by Gasteiger charge is 2.19. The van der Waals surface area contributed by atoms with E-state index in [0.29, 0.717) is 19.6 Å². The second-order valence-electron chi connectivity index (χ2n) is 4.56. The van der Waals surface area contributed by atoms with Crippen LogP contribution in [-0.2, 0) is 11.3 Å². The van der Waals surface area contributed by atoms with Gasteiger partial charge in [-0.25, -0.2) is 0 Å². The van der Waals surface area contributed by atoms with Crippen molar-refractivity contribution < 1.29 is 14.6 Å². The third-order valence-electron chi connectivity index (χ3n) is 3.09. The third kappa shape index (κ3) is 4.56. The van der Waals surface area contributed by atoms with Crippen LogP contribution in [0, 0.1) is 5.92 Å². The van der Waals surface area contributed by atoms with Crippen LogP contribution in [0.3, 0.4) is 0 Å². The first-order valence-corrected chi connectivity index (χ1v) is 6.69. The molecular formula is C15H23NO3. The second-order valence-corrected chi connectivity index (χ2v) is 4.56. The number of hydrogen-bond acceptors (Lipinski definition) is 3. The first-order chi connectivity index (χ1) is 9.12. The van der Waals surface area contributed by atoms with Crippen molar-refractivity contribution >= 4 is 5.91 Å². The lowest BCUT2D eigenvalue weighted by Crippen LogP contribution is -2.33. The van der Waals surface area contributed by atoms with Crippen LogP contribution in [0.25, 0.3) is 0 Å². The van der Waals surface area contributed by atoms with Crippen LogP contribution in [0.15, 0.2) is 24.3 Å². The third-order valence-corrected chi connectivity index (χ3v) is 3.09. The van der Waals surface area contributed by atoms with Crippen molar-refractivity contribution in [3.05, 3.63) is 29.8 Å². The fraction of sp³-hybridized carbons (Fsp3) is 0.533. The van der Waals surface area contributed by atoms with Crippen molar-refractivity contribution in [3.63, 3.8) is 0 Å². The Morgan fingerprint density at radius 1 is 1.32 bits per heavy atom. The molecule has 0 saturated carbocycles. The van der Waals surface area contributed by atoms with E-state index in [0.717, 1.165) is 11.3 Å². The van der Waals surface area contributed by atoms with Gasteiger partial charge in [0.05, 0.1) is 19.1 Å². The largest absolute Gasteiger partial charge is 0.494 e. The molecule has 19 heavy (non-hydrogen) atoms. The molecule has 0 spiro atoms. The lowest BCUT2D eigenvalue weighted by atomic mass is 10.1. The maximum atomic E-state index is 12.0. The normalized spacial score (nSPS) is 12.0. The number of hydrogen-bond donors (Lipinski definition) is 1. The summed E-state index contributed by atoms with van der Waals surface area (Å²) in [5.74, 6) is 0.522. The number of amides is 1. The van der Waals surface area contributed by atoms with Gasteiger partial charge in [0.25, 0.3) is 0 Å². The van der Waals surface area contributed by atoms with Gasteiger partial charge in [0, 0.05) is 13.6 Å². The molecule has 0 heterocycles. The quantitative estimate of drug-likeness (QED) is 0.821. The van der Waals surface area contributed by atoms with Crippen LogP contribution >= 0.6 is 0 Å². The molecule has 4 nitrogen and oxygen atoms in total. The Labute approximate surface area is 115 Å². The summed E-state index contributed by atoms with van der Waals surface area (Å²) >= 11 is 0. The van der Waals surface area contributed by atoms with Crippen molar-refractivity contribution in [1.82, 2.24) is 4.90 Å². The lowest BCUT2D eigenvalue weighted by molar-refractivity contribution is -0.136. The number of ether oxygens (including phenoxy) is 1. The van der Waals surface area contributed by atoms with Gasteiger partial charge in [-0.3, -0.25) is 4.79 Å². The van der Waals surface area contributed by atoms with E-state index in [2.05, 4.69) is 0 Å². The molecule has 1 aromatic rings. The molecule has 0 aliphatic rings. The second kappa shape index (κ2) is 7.79. The molecule has 0 aromatic heterocycles. The Balaban J connectivity index is 2.60. The topological polar surface area (TPSA) is 49.8 Å². The molecule has 0 bridgehead atoms. The zero-order valence-corrected chi connectivity index (χ0v) is 11.9. The molecule has 106 valence electrons. The number of aliphatic hydroxyl groups is 1. The maximum Gasteiger partial charge on any atom is 0.228 e. The van der Waals surface area contributed by atoms with Gasteiger partial charge in [-0.1, -0.05) is 19.1 Å². The number of carbonyl (C=O) groups excluding carboxylic acids is 1. The fourth-order valence-electron chi connectivity index (χ4n) is 1.90. The summed E-state index contributed by atoms with van der Waals surface area (Å²) in [6.45, 7) is 4.95. The first-order valence-electron chi connectivity index (χ1n) is 6.69. The minimum atomic E-state index is -0.298. The van der Waals surface area contributed by atoms with E-state index in [1.54, 1.807) is 11.9 Å². The highest BCUT2D eigenvalue weighted by molar-refractivity contribution is 5.78. The smallest absolute Gasteiger partial charge is 0.228 e. The Bertz CT molecular complexity index is 385. The van der Waals surface area contributed by atoms with Gasteiger partial charge in [0.2, 0.25) is 5.91 Å². The average Bonchev–Trinajstić information content (AvgIpc) is 2.42. The van der Waals surface area contributed by atoms with Crippen molar-refractivity contribution in [2.45, 2.75) is 26.8 Å². The summed E-state index contributed by atoms with van der Waals surface area (Å²) in [4.78, 5) is 13.7. The molecule has 4 heteroatoms. The van der Waals surface area contributed by atoms with E-state index in [1.807, 2.05) is 38.1 Å². The van der Waals surface area contributed by atoms with E-state index >= 15 is 0 Å². The molecule has 1 N–H and O–H groups in total. The van der Waals surface area contributed by atoms with Gasteiger partial charge in [-0.05, 0) is 31.0 Å².